The van der Waals surface area contributed by atoms with Crippen molar-refractivity contribution < 1.29 is 17.0 Å². The van der Waals surface area contributed by atoms with Crippen LogP contribution in [0, 0.1) is 0 Å². The van der Waals surface area contributed by atoms with E-state index < -0.39 is 0 Å². The predicted octanol–water partition coefficient (Wildman–Crippen LogP) is -3.22. The van der Waals surface area contributed by atoms with E-state index in [1.165, 1.54) is 0 Å². The number of hydrogen-bond donors (Lipinski definition) is 1. The lowest BCUT2D eigenvalue weighted by Crippen LogP contribution is -3.00. The van der Waals surface area contributed by atoms with Crippen molar-refractivity contribution in [1.82, 2.24) is 5.32 Å². The van der Waals surface area contributed by atoms with Gasteiger partial charge in [0.2, 0.25) is 6.34 Å². The molecular formula is C5H9ClN2. The summed E-state index contributed by atoms with van der Waals surface area (Å²) in [4.78, 5) is 0. The van der Waals surface area contributed by atoms with Gasteiger partial charge < -0.3 is 12.4 Å². The van der Waals surface area contributed by atoms with Gasteiger partial charge in [0.1, 0.15) is 13.1 Å². The smallest absolute Gasteiger partial charge is 0.236 e. The van der Waals surface area contributed by atoms with Crippen LogP contribution in [0.1, 0.15) is 0 Å². The Morgan fingerprint density at radius 1 is 1.75 bits per heavy atom. The van der Waals surface area contributed by atoms with Gasteiger partial charge in [-0.2, -0.15) is 0 Å². The Hall–Kier alpha value is -0.500. The van der Waals surface area contributed by atoms with Gasteiger partial charge in [-0.15, -0.1) is 0 Å². The molecule has 0 fully saturated rings. The fourth-order valence-corrected chi connectivity index (χ4v) is 0.584. The standard InChI is InChI=1S/C5H8N2.ClH/c1-2-7-4-3-6-5-7;/h2,5H,1,3-4H2;1H. The van der Waals surface area contributed by atoms with Crippen molar-refractivity contribution in [2.24, 2.45) is 0 Å². The topological polar surface area (TPSA) is 15.0 Å². The highest BCUT2D eigenvalue weighted by molar-refractivity contribution is 5.49. The second-order valence-corrected chi connectivity index (χ2v) is 1.50. The molecule has 0 radical (unpaired) electrons. The van der Waals surface area contributed by atoms with E-state index in [-0.39, 0.29) is 12.4 Å². The molecule has 0 amide bonds. The fraction of sp³-hybridized carbons (Fsp3) is 0.400. The molecule has 1 heterocycles. The van der Waals surface area contributed by atoms with E-state index in [9.17, 15) is 0 Å². The Bertz CT molecular complexity index is 109. The largest absolute Gasteiger partial charge is 1.00 e. The van der Waals surface area contributed by atoms with Crippen LogP contribution in [0.3, 0.4) is 0 Å². The molecule has 0 spiro atoms. The van der Waals surface area contributed by atoms with Crippen molar-refractivity contribution in [2.45, 2.75) is 0 Å². The Morgan fingerprint density at radius 2 is 2.50 bits per heavy atom. The molecule has 1 aliphatic rings. The van der Waals surface area contributed by atoms with Gasteiger partial charge in [-0.1, -0.05) is 6.58 Å². The molecule has 1 N–H and O–H groups in total. The summed E-state index contributed by atoms with van der Waals surface area (Å²) in [6, 6.07) is 0. The molecule has 0 unspecified atom stereocenters. The minimum absolute atomic E-state index is 0. The van der Waals surface area contributed by atoms with Gasteiger partial charge in [-0.05, 0) is 0 Å². The van der Waals surface area contributed by atoms with E-state index in [2.05, 4.69) is 11.9 Å². The number of nitrogens with zero attached hydrogens (tertiary/aromatic N) is 1. The highest BCUT2D eigenvalue weighted by atomic mass is 35.5. The predicted molar refractivity (Wildman–Crippen MR) is 29.4 cm³/mol. The lowest BCUT2D eigenvalue weighted by atomic mass is 10.6. The summed E-state index contributed by atoms with van der Waals surface area (Å²) in [5.74, 6) is 0. The third-order valence-corrected chi connectivity index (χ3v) is 1.01. The Labute approximate surface area is 55.3 Å². The van der Waals surface area contributed by atoms with Gasteiger partial charge in [0.25, 0.3) is 0 Å². The van der Waals surface area contributed by atoms with E-state index in [0.717, 1.165) is 13.1 Å². The Kier molecular flexibility index (Phi) is 3.28. The summed E-state index contributed by atoms with van der Waals surface area (Å²) in [7, 11) is 0. The maximum absolute atomic E-state index is 3.60. The summed E-state index contributed by atoms with van der Waals surface area (Å²) < 4.78 is 2.01. The van der Waals surface area contributed by atoms with Crippen LogP contribution in [0.5, 0.6) is 0 Å². The highest BCUT2D eigenvalue weighted by Gasteiger charge is 2.01. The van der Waals surface area contributed by atoms with Gasteiger partial charge >= 0.3 is 0 Å². The first kappa shape index (κ1) is 7.50. The molecule has 0 aromatic carbocycles. The van der Waals surface area contributed by atoms with Crippen LogP contribution >= 0.6 is 0 Å². The molecule has 0 aromatic rings. The zero-order valence-corrected chi connectivity index (χ0v) is 5.36. The van der Waals surface area contributed by atoms with E-state index in [4.69, 9.17) is 0 Å². The Morgan fingerprint density at radius 3 is 2.75 bits per heavy atom. The second-order valence-electron chi connectivity index (χ2n) is 1.50. The van der Waals surface area contributed by atoms with Crippen LogP contribution in [-0.4, -0.2) is 24.0 Å². The van der Waals surface area contributed by atoms with Crippen molar-refractivity contribution >= 4 is 6.34 Å². The van der Waals surface area contributed by atoms with Crippen LogP contribution in [0.4, 0.5) is 0 Å². The van der Waals surface area contributed by atoms with Crippen LogP contribution < -0.4 is 17.7 Å². The molecule has 0 atom stereocenters. The maximum atomic E-state index is 3.60. The molecule has 8 heavy (non-hydrogen) atoms. The van der Waals surface area contributed by atoms with Gasteiger partial charge in [-0.3, -0.25) is 5.32 Å². The van der Waals surface area contributed by atoms with E-state index in [0.29, 0.717) is 0 Å². The van der Waals surface area contributed by atoms with E-state index in [1.807, 2.05) is 10.9 Å². The maximum Gasteiger partial charge on any atom is 0.236 e. The summed E-state index contributed by atoms with van der Waals surface area (Å²) in [6.45, 7) is 5.70. The van der Waals surface area contributed by atoms with Crippen molar-refractivity contribution in [3.05, 3.63) is 12.8 Å². The zero-order chi connectivity index (χ0) is 5.11. The fourth-order valence-electron chi connectivity index (χ4n) is 0.584. The molecule has 0 bridgehead atoms. The molecule has 3 heteroatoms. The van der Waals surface area contributed by atoms with Crippen molar-refractivity contribution in [1.29, 1.82) is 0 Å². The summed E-state index contributed by atoms with van der Waals surface area (Å²) in [5, 5.41) is 3.05. The van der Waals surface area contributed by atoms with E-state index in [1.54, 1.807) is 6.20 Å². The number of hydrogen-bond acceptors (Lipinski definition) is 1. The lowest BCUT2D eigenvalue weighted by molar-refractivity contribution is -0.440. The third-order valence-electron chi connectivity index (χ3n) is 1.01. The minimum atomic E-state index is 0. The summed E-state index contributed by atoms with van der Waals surface area (Å²) in [6.07, 6.45) is 3.73. The number of halogens is 1. The quantitative estimate of drug-likeness (QED) is 0.371. The molecule has 0 saturated heterocycles. The molecule has 0 aromatic heterocycles. The first-order chi connectivity index (χ1) is 3.43. The molecule has 1 aliphatic heterocycles. The normalized spacial score (nSPS) is 15.8. The first-order valence-electron chi connectivity index (χ1n) is 2.38. The zero-order valence-electron chi connectivity index (χ0n) is 4.60. The summed E-state index contributed by atoms with van der Waals surface area (Å²) in [5.41, 5.74) is 0. The lowest BCUT2D eigenvalue weighted by Gasteiger charge is -1.81. The third kappa shape index (κ3) is 1.54. The van der Waals surface area contributed by atoms with Gasteiger partial charge in [0.05, 0.1) is 6.20 Å². The highest BCUT2D eigenvalue weighted by Crippen LogP contribution is 1.76. The molecule has 0 aliphatic carbocycles. The van der Waals surface area contributed by atoms with Crippen LogP contribution in [-0.2, 0) is 0 Å². The molecule has 2 nitrogen and oxygen atoms in total. The van der Waals surface area contributed by atoms with Gasteiger partial charge in [0, 0.05) is 0 Å². The SMILES string of the molecule is C=C[N+]1=CNCC1.[Cl-]. The van der Waals surface area contributed by atoms with Crippen LogP contribution in [0.25, 0.3) is 0 Å². The molecule has 0 saturated carbocycles. The average Bonchev–Trinajstić information content (AvgIpc) is 2.14. The minimum Gasteiger partial charge on any atom is -1.00 e. The Balaban J connectivity index is 0.000000490. The van der Waals surface area contributed by atoms with Crippen molar-refractivity contribution in [3.8, 4) is 0 Å². The van der Waals surface area contributed by atoms with Gasteiger partial charge in [0.15, 0.2) is 0 Å². The van der Waals surface area contributed by atoms with Crippen molar-refractivity contribution in [3.63, 3.8) is 0 Å². The monoisotopic (exact) mass is 132 g/mol. The molecule has 1 rings (SSSR count). The molecule has 46 valence electrons. The summed E-state index contributed by atoms with van der Waals surface area (Å²) >= 11 is 0. The van der Waals surface area contributed by atoms with Crippen LogP contribution in [0.15, 0.2) is 12.8 Å². The number of rotatable bonds is 1. The second kappa shape index (κ2) is 3.50. The average molecular weight is 133 g/mol. The number of nitrogens with one attached hydrogen (secondary N) is 1. The first-order valence-corrected chi connectivity index (χ1v) is 2.38. The van der Waals surface area contributed by atoms with E-state index >= 15 is 0 Å². The van der Waals surface area contributed by atoms with Gasteiger partial charge in [-0.25, -0.2) is 4.58 Å². The van der Waals surface area contributed by atoms with Crippen LogP contribution in [0.2, 0.25) is 0 Å². The molecular weight excluding hydrogens is 124 g/mol. The van der Waals surface area contributed by atoms with Crippen molar-refractivity contribution in [2.75, 3.05) is 13.1 Å².